The highest BCUT2D eigenvalue weighted by molar-refractivity contribution is 5.42. The second kappa shape index (κ2) is 8.77. The highest BCUT2D eigenvalue weighted by Crippen LogP contribution is 2.27. The van der Waals surface area contributed by atoms with Gasteiger partial charge in [-0.15, -0.1) is 0 Å². The van der Waals surface area contributed by atoms with E-state index in [9.17, 15) is 0 Å². The van der Waals surface area contributed by atoms with Gasteiger partial charge in [-0.1, -0.05) is 6.07 Å². The van der Waals surface area contributed by atoms with Crippen molar-refractivity contribution < 1.29 is 14.2 Å². The molecule has 1 N–H and O–H groups in total. The van der Waals surface area contributed by atoms with Crippen LogP contribution in [-0.4, -0.2) is 33.0 Å². The van der Waals surface area contributed by atoms with Crippen LogP contribution in [0.4, 0.5) is 0 Å². The van der Waals surface area contributed by atoms with Gasteiger partial charge >= 0.3 is 0 Å². The van der Waals surface area contributed by atoms with Gasteiger partial charge in [-0.3, -0.25) is 0 Å². The van der Waals surface area contributed by atoms with Crippen LogP contribution in [0, 0.1) is 0 Å². The van der Waals surface area contributed by atoms with E-state index in [-0.39, 0.29) is 0 Å². The topological polar surface area (TPSA) is 39.7 Å². The molecule has 1 aromatic rings. The van der Waals surface area contributed by atoms with Crippen molar-refractivity contribution in [1.29, 1.82) is 0 Å². The minimum absolute atomic E-state index is 0.331. The molecule has 0 aliphatic carbocycles. The summed E-state index contributed by atoms with van der Waals surface area (Å²) >= 11 is 0. The number of methoxy groups -OCH3 is 1. The largest absolute Gasteiger partial charge is 0.493 e. The van der Waals surface area contributed by atoms with Crippen LogP contribution in [0.5, 0.6) is 11.5 Å². The van der Waals surface area contributed by atoms with Gasteiger partial charge in [0, 0.05) is 19.2 Å². The van der Waals surface area contributed by atoms with Crippen LogP contribution >= 0.6 is 0 Å². The van der Waals surface area contributed by atoms with E-state index in [2.05, 4.69) is 12.2 Å². The Balaban J connectivity index is 2.56. The Hall–Kier alpha value is -1.26. The molecule has 0 heterocycles. The maximum absolute atomic E-state index is 5.56. The third-order valence-electron chi connectivity index (χ3n) is 2.75. The highest BCUT2D eigenvalue weighted by atomic mass is 16.5. The predicted molar refractivity (Wildman–Crippen MR) is 77.0 cm³/mol. The Labute approximate surface area is 116 Å². The first-order chi connectivity index (χ1) is 9.21. The average molecular weight is 267 g/mol. The molecular formula is C15H25NO3. The lowest BCUT2D eigenvalue weighted by molar-refractivity contribution is 0.127. The lowest BCUT2D eigenvalue weighted by Gasteiger charge is -2.15. The van der Waals surface area contributed by atoms with Crippen molar-refractivity contribution in [2.75, 3.05) is 26.9 Å². The van der Waals surface area contributed by atoms with Crippen molar-refractivity contribution in [1.82, 2.24) is 5.32 Å². The molecule has 0 saturated carbocycles. The Morgan fingerprint density at radius 1 is 1.16 bits per heavy atom. The van der Waals surface area contributed by atoms with Crippen molar-refractivity contribution in [3.05, 3.63) is 23.8 Å². The first-order valence-electron chi connectivity index (χ1n) is 6.82. The molecule has 108 valence electrons. The van der Waals surface area contributed by atoms with Crippen LogP contribution in [0.1, 0.15) is 26.3 Å². The van der Waals surface area contributed by atoms with Crippen molar-refractivity contribution >= 4 is 0 Å². The smallest absolute Gasteiger partial charge is 0.161 e. The fraction of sp³-hybridized carbons (Fsp3) is 0.600. The molecule has 4 heteroatoms. The van der Waals surface area contributed by atoms with Gasteiger partial charge in [-0.2, -0.15) is 0 Å². The van der Waals surface area contributed by atoms with Gasteiger partial charge in [0.1, 0.15) is 0 Å². The van der Waals surface area contributed by atoms with E-state index in [1.54, 1.807) is 7.11 Å². The van der Waals surface area contributed by atoms with Crippen LogP contribution in [0.25, 0.3) is 0 Å². The number of rotatable bonds is 9. The molecule has 0 radical (unpaired) electrons. The Kier molecular flexibility index (Phi) is 7.30. The molecule has 19 heavy (non-hydrogen) atoms. The number of benzene rings is 1. The second-order valence-electron chi connectivity index (χ2n) is 4.36. The first kappa shape index (κ1) is 15.8. The Morgan fingerprint density at radius 3 is 2.58 bits per heavy atom. The lowest BCUT2D eigenvalue weighted by atomic mass is 10.2. The van der Waals surface area contributed by atoms with E-state index < -0.39 is 0 Å². The van der Waals surface area contributed by atoms with Crippen molar-refractivity contribution in [3.63, 3.8) is 0 Å². The molecule has 1 unspecified atom stereocenters. The van der Waals surface area contributed by atoms with E-state index in [4.69, 9.17) is 14.2 Å². The molecule has 1 rings (SSSR count). The minimum atomic E-state index is 0.331. The van der Waals surface area contributed by atoms with Crippen LogP contribution in [0.3, 0.4) is 0 Å². The van der Waals surface area contributed by atoms with Crippen molar-refractivity contribution in [2.24, 2.45) is 0 Å². The fourth-order valence-electron chi connectivity index (χ4n) is 1.75. The summed E-state index contributed by atoms with van der Waals surface area (Å²) in [6, 6.07) is 6.33. The summed E-state index contributed by atoms with van der Waals surface area (Å²) in [4.78, 5) is 0. The summed E-state index contributed by atoms with van der Waals surface area (Å²) < 4.78 is 16.2. The van der Waals surface area contributed by atoms with Crippen LogP contribution < -0.4 is 14.8 Å². The molecular weight excluding hydrogens is 242 g/mol. The zero-order valence-corrected chi connectivity index (χ0v) is 12.4. The summed E-state index contributed by atoms with van der Waals surface area (Å²) in [7, 11) is 1.65. The standard InChI is InChI=1S/C15H25NO3/c1-5-18-11-12(3)16-10-13-7-8-14(17-4)15(9-13)19-6-2/h7-9,12,16H,5-6,10-11H2,1-4H3. The molecule has 0 spiro atoms. The summed E-state index contributed by atoms with van der Waals surface area (Å²) in [5, 5.41) is 3.42. The SMILES string of the molecule is CCOCC(C)NCc1ccc(OC)c(OCC)c1. The number of hydrogen-bond donors (Lipinski definition) is 1. The molecule has 0 saturated heterocycles. The summed E-state index contributed by atoms with van der Waals surface area (Å²) in [6.45, 7) is 8.99. The van der Waals surface area contributed by atoms with Gasteiger partial charge in [-0.05, 0) is 38.5 Å². The zero-order chi connectivity index (χ0) is 14.1. The van der Waals surface area contributed by atoms with Crippen molar-refractivity contribution in [3.8, 4) is 11.5 Å². The van der Waals surface area contributed by atoms with E-state index in [1.807, 2.05) is 32.0 Å². The number of nitrogens with one attached hydrogen (secondary N) is 1. The van der Waals surface area contributed by atoms with Crippen LogP contribution in [-0.2, 0) is 11.3 Å². The molecule has 1 aromatic carbocycles. The van der Waals surface area contributed by atoms with Gasteiger partial charge in [0.05, 0.1) is 20.3 Å². The maximum atomic E-state index is 5.56. The summed E-state index contributed by atoms with van der Waals surface area (Å²) in [5.41, 5.74) is 1.17. The average Bonchev–Trinajstić information content (AvgIpc) is 2.43. The summed E-state index contributed by atoms with van der Waals surface area (Å²) in [6.07, 6.45) is 0. The molecule has 0 fully saturated rings. The lowest BCUT2D eigenvalue weighted by Crippen LogP contribution is -2.30. The minimum Gasteiger partial charge on any atom is -0.493 e. The van der Waals surface area contributed by atoms with Gasteiger partial charge < -0.3 is 19.5 Å². The highest BCUT2D eigenvalue weighted by Gasteiger charge is 2.06. The number of ether oxygens (including phenoxy) is 3. The first-order valence-corrected chi connectivity index (χ1v) is 6.82. The maximum Gasteiger partial charge on any atom is 0.161 e. The van der Waals surface area contributed by atoms with E-state index in [1.165, 1.54) is 5.56 Å². The zero-order valence-electron chi connectivity index (χ0n) is 12.4. The Morgan fingerprint density at radius 2 is 1.95 bits per heavy atom. The molecule has 4 nitrogen and oxygen atoms in total. The normalized spacial score (nSPS) is 12.2. The second-order valence-corrected chi connectivity index (χ2v) is 4.36. The Bertz CT molecular complexity index is 368. The molecule has 0 aliphatic heterocycles. The van der Waals surface area contributed by atoms with Gasteiger partial charge in [0.15, 0.2) is 11.5 Å². The van der Waals surface area contributed by atoms with Crippen LogP contribution in [0.2, 0.25) is 0 Å². The third-order valence-corrected chi connectivity index (χ3v) is 2.75. The summed E-state index contributed by atoms with van der Waals surface area (Å²) in [5.74, 6) is 1.56. The van der Waals surface area contributed by atoms with Crippen molar-refractivity contribution in [2.45, 2.75) is 33.4 Å². The molecule has 0 aliphatic rings. The molecule has 0 bridgehead atoms. The quantitative estimate of drug-likeness (QED) is 0.746. The molecule has 0 aromatic heterocycles. The fourth-order valence-corrected chi connectivity index (χ4v) is 1.75. The third kappa shape index (κ3) is 5.49. The van der Waals surface area contributed by atoms with Crippen LogP contribution in [0.15, 0.2) is 18.2 Å². The predicted octanol–water partition coefficient (Wildman–Crippen LogP) is 2.61. The van der Waals surface area contributed by atoms with E-state index in [0.717, 1.165) is 31.3 Å². The van der Waals surface area contributed by atoms with Gasteiger partial charge in [-0.25, -0.2) is 0 Å². The van der Waals surface area contributed by atoms with E-state index in [0.29, 0.717) is 12.6 Å². The number of hydrogen-bond acceptors (Lipinski definition) is 4. The monoisotopic (exact) mass is 267 g/mol. The van der Waals surface area contributed by atoms with Gasteiger partial charge in [0.25, 0.3) is 0 Å². The van der Waals surface area contributed by atoms with Gasteiger partial charge in [0.2, 0.25) is 0 Å². The molecule has 0 amide bonds. The molecule has 1 atom stereocenters. The van der Waals surface area contributed by atoms with E-state index >= 15 is 0 Å².